The highest BCUT2D eigenvalue weighted by molar-refractivity contribution is 7.09. The molecular formula is C12H19N3O2S. The van der Waals surface area contributed by atoms with Crippen molar-refractivity contribution in [3.8, 4) is 0 Å². The van der Waals surface area contributed by atoms with Crippen LogP contribution >= 0.6 is 11.3 Å². The minimum Gasteiger partial charge on any atom is -0.464 e. The first-order valence-electron chi connectivity index (χ1n) is 6.25. The zero-order valence-electron chi connectivity index (χ0n) is 10.8. The van der Waals surface area contributed by atoms with Crippen LogP contribution < -0.4 is 5.32 Å². The average molecular weight is 269 g/mol. The molecule has 5 nitrogen and oxygen atoms in total. The standard InChI is InChI=1S/C12H19N3O2S/c1-3-17-12(16)10(11-14-9(2)8-18-11)15-6-4-13-5-7-15/h8,10,13H,3-7H2,1-2H3. The van der Waals surface area contributed by atoms with E-state index in [2.05, 4.69) is 15.2 Å². The van der Waals surface area contributed by atoms with E-state index in [9.17, 15) is 4.79 Å². The average Bonchev–Trinajstić information content (AvgIpc) is 2.78. The summed E-state index contributed by atoms with van der Waals surface area (Å²) in [5.41, 5.74) is 0.958. The third-order valence-electron chi connectivity index (χ3n) is 2.90. The Balaban J connectivity index is 2.18. The number of carbonyl (C=O) groups is 1. The zero-order chi connectivity index (χ0) is 13.0. The molecule has 0 amide bonds. The molecule has 2 heterocycles. The van der Waals surface area contributed by atoms with E-state index in [1.807, 2.05) is 19.2 Å². The second kappa shape index (κ2) is 6.26. The highest BCUT2D eigenvalue weighted by Gasteiger charge is 2.32. The summed E-state index contributed by atoms with van der Waals surface area (Å²) < 4.78 is 5.19. The van der Waals surface area contributed by atoms with E-state index in [4.69, 9.17) is 4.74 Å². The smallest absolute Gasteiger partial charge is 0.330 e. The maximum absolute atomic E-state index is 12.1. The number of nitrogens with one attached hydrogen (secondary N) is 1. The van der Waals surface area contributed by atoms with Crippen LogP contribution in [0, 0.1) is 6.92 Å². The van der Waals surface area contributed by atoms with E-state index in [0.717, 1.165) is 36.9 Å². The molecule has 6 heteroatoms. The van der Waals surface area contributed by atoms with Gasteiger partial charge in [-0.15, -0.1) is 11.3 Å². The predicted octanol–water partition coefficient (Wildman–Crippen LogP) is 0.961. The first kappa shape index (κ1) is 13.5. The lowest BCUT2D eigenvalue weighted by molar-refractivity contribution is -0.150. The monoisotopic (exact) mass is 269 g/mol. The first-order chi connectivity index (χ1) is 8.72. The van der Waals surface area contributed by atoms with Crippen LogP contribution in [-0.2, 0) is 9.53 Å². The van der Waals surface area contributed by atoms with Crippen LogP contribution in [0.25, 0.3) is 0 Å². The number of thiazole rings is 1. The maximum atomic E-state index is 12.1. The molecule has 1 aliphatic rings. The summed E-state index contributed by atoms with van der Waals surface area (Å²) in [6.45, 7) is 7.69. The molecule has 1 saturated heterocycles. The van der Waals surface area contributed by atoms with E-state index in [1.165, 1.54) is 11.3 Å². The Hall–Kier alpha value is -0.980. The summed E-state index contributed by atoms with van der Waals surface area (Å²) >= 11 is 1.53. The minimum atomic E-state index is -0.342. The van der Waals surface area contributed by atoms with Gasteiger partial charge in [-0.2, -0.15) is 0 Å². The number of hydrogen-bond acceptors (Lipinski definition) is 6. The van der Waals surface area contributed by atoms with Gasteiger partial charge >= 0.3 is 5.97 Å². The van der Waals surface area contributed by atoms with Gasteiger partial charge in [-0.3, -0.25) is 4.90 Å². The van der Waals surface area contributed by atoms with Crippen LogP contribution in [0.4, 0.5) is 0 Å². The molecule has 1 aliphatic heterocycles. The lowest BCUT2D eigenvalue weighted by atomic mass is 10.2. The van der Waals surface area contributed by atoms with Gasteiger partial charge in [0.15, 0.2) is 6.04 Å². The number of esters is 1. The summed E-state index contributed by atoms with van der Waals surface area (Å²) in [6, 6.07) is -0.342. The number of ether oxygens (including phenoxy) is 1. The van der Waals surface area contributed by atoms with Gasteiger partial charge in [0.05, 0.1) is 6.61 Å². The Bertz CT molecular complexity index is 402. The van der Waals surface area contributed by atoms with Crippen molar-refractivity contribution in [3.05, 3.63) is 16.1 Å². The van der Waals surface area contributed by atoms with Crippen LogP contribution in [0.2, 0.25) is 0 Å². The van der Waals surface area contributed by atoms with Crippen LogP contribution in [0.1, 0.15) is 23.7 Å². The van der Waals surface area contributed by atoms with Gasteiger partial charge < -0.3 is 10.1 Å². The molecule has 2 rings (SSSR count). The van der Waals surface area contributed by atoms with Crippen molar-refractivity contribution in [3.63, 3.8) is 0 Å². The molecule has 0 aromatic carbocycles. The Labute approximate surface area is 111 Å². The molecule has 0 spiro atoms. The molecule has 0 saturated carbocycles. The van der Waals surface area contributed by atoms with Crippen LogP contribution in [0.15, 0.2) is 5.38 Å². The summed E-state index contributed by atoms with van der Waals surface area (Å²) in [5, 5.41) is 6.10. The van der Waals surface area contributed by atoms with Crippen molar-refractivity contribution in [2.75, 3.05) is 32.8 Å². The predicted molar refractivity (Wildman–Crippen MR) is 70.7 cm³/mol. The molecule has 1 atom stereocenters. The second-order valence-corrected chi connectivity index (χ2v) is 5.16. The van der Waals surface area contributed by atoms with Gasteiger partial charge in [-0.05, 0) is 13.8 Å². The Morgan fingerprint density at radius 3 is 2.89 bits per heavy atom. The molecule has 1 aromatic heterocycles. The number of rotatable bonds is 4. The molecular weight excluding hydrogens is 250 g/mol. The highest BCUT2D eigenvalue weighted by atomic mass is 32.1. The number of hydrogen-bond donors (Lipinski definition) is 1. The summed E-state index contributed by atoms with van der Waals surface area (Å²) in [6.07, 6.45) is 0. The molecule has 18 heavy (non-hydrogen) atoms. The summed E-state index contributed by atoms with van der Waals surface area (Å²) in [5.74, 6) is -0.186. The Morgan fingerprint density at radius 1 is 1.61 bits per heavy atom. The number of nitrogens with zero attached hydrogens (tertiary/aromatic N) is 2. The van der Waals surface area contributed by atoms with Gasteiger partial charge in [0.1, 0.15) is 5.01 Å². The third kappa shape index (κ3) is 3.07. The number of aryl methyl sites for hydroxylation is 1. The Kier molecular flexibility index (Phi) is 4.68. The van der Waals surface area contributed by atoms with Gasteiger partial charge in [-0.1, -0.05) is 0 Å². The first-order valence-corrected chi connectivity index (χ1v) is 7.13. The van der Waals surface area contributed by atoms with Crippen LogP contribution in [0.3, 0.4) is 0 Å². The van der Waals surface area contributed by atoms with Gasteiger partial charge in [0, 0.05) is 37.3 Å². The van der Waals surface area contributed by atoms with Crippen molar-refractivity contribution in [2.24, 2.45) is 0 Å². The van der Waals surface area contributed by atoms with Crippen molar-refractivity contribution in [2.45, 2.75) is 19.9 Å². The number of aromatic nitrogens is 1. The van der Waals surface area contributed by atoms with Crippen LogP contribution in [-0.4, -0.2) is 48.6 Å². The highest BCUT2D eigenvalue weighted by Crippen LogP contribution is 2.25. The van der Waals surface area contributed by atoms with E-state index in [0.29, 0.717) is 6.61 Å². The molecule has 1 N–H and O–H groups in total. The van der Waals surface area contributed by atoms with E-state index < -0.39 is 0 Å². The van der Waals surface area contributed by atoms with Gasteiger partial charge in [0.25, 0.3) is 0 Å². The fourth-order valence-corrected chi connectivity index (χ4v) is 2.98. The van der Waals surface area contributed by atoms with E-state index >= 15 is 0 Å². The lowest BCUT2D eigenvalue weighted by Gasteiger charge is -2.32. The van der Waals surface area contributed by atoms with Crippen molar-refractivity contribution >= 4 is 17.3 Å². The fraction of sp³-hybridized carbons (Fsp3) is 0.667. The quantitative estimate of drug-likeness (QED) is 0.825. The topological polar surface area (TPSA) is 54.5 Å². The number of piperazine rings is 1. The van der Waals surface area contributed by atoms with Gasteiger partial charge in [0.2, 0.25) is 0 Å². The Morgan fingerprint density at radius 2 is 2.33 bits per heavy atom. The maximum Gasteiger partial charge on any atom is 0.330 e. The van der Waals surface area contributed by atoms with Crippen molar-refractivity contribution in [1.29, 1.82) is 0 Å². The van der Waals surface area contributed by atoms with Crippen molar-refractivity contribution in [1.82, 2.24) is 15.2 Å². The second-order valence-electron chi connectivity index (χ2n) is 4.27. The zero-order valence-corrected chi connectivity index (χ0v) is 11.6. The SMILES string of the molecule is CCOC(=O)C(c1nc(C)cs1)N1CCNCC1. The molecule has 1 aromatic rings. The molecule has 0 bridgehead atoms. The van der Waals surface area contributed by atoms with Crippen molar-refractivity contribution < 1.29 is 9.53 Å². The lowest BCUT2D eigenvalue weighted by Crippen LogP contribution is -2.47. The molecule has 1 unspecified atom stereocenters. The molecule has 1 fully saturated rings. The third-order valence-corrected chi connectivity index (χ3v) is 3.91. The number of carbonyl (C=O) groups excluding carboxylic acids is 1. The molecule has 0 aliphatic carbocycles. The van der Waals surface area contributed by atoms with E-state index in [1.54, 1.807) is 0 Å². The van der Waals surface area contributed by atoms with E-state index in [-0.39, 0.29) is 12.0 Å². The molecule has 100 valence electrons. The molecule has 0 radical (unpaired) electrons. The van der Waals surface area contributed by atoms with Gasteiger partial charge in [-0.25, -0.2) is 9.78 Å². The fourth-order valence-electron chi connectivity index (χ4n) is 2.07. The summed E-state index contributed by atoms with van der Waals surface area (Å²) in [4.78, 5) is 18.7. The normalized spacial score (nSPS) is 18.6. The van der Waals surface area contributed by atoms with Crippen LogP contribution in [0.5, 0.6) is 0 Å². The minimum absolute atomic E-state index is 0.186. The summed E-state index contributed by atoms with van der Waals surface area (Å²) in [7, 11) is 0. The largest absolute Gasteiger partial charge is 0.464 e.